The Morgan fingerprint density at radius 3 is 2.59 bits per heavy atom. The van der Waals surface area contributed by atoms with Crippen molar-refractivity contribution in [1.29, 1.82) is 5.26 Å². The Morgan fingerprint density at radius 2 is 1.86 bits per heavy atom. The van der Waals surface area contributed by atoms with Crippen LogP contribution in [0.5, 0.6) is 5.75 Å². The van der Waals surface area contributed by atoms with Crippen molar-refractivity contribution < 1.29 is 4.74 Å². The van der Waals surface area contributed by atoms with Crippen LogP contribution in [0.15, 0.2) is 48.5 Å². The summed E-state index contributed by atoms with van der Waals surface area (Å²) in [5.41, 5.74) is 3.75. The molecule has 0 aliphatic heterocycles. The predicted molar refractivity (Wildman–Crippen MR) is 83.1 cm³/mol. The number of nitrogens with zero attached hydrogens (tertiary/aromatic N) is 3. The van der Waals surface area contributed by atoms with Crippen LogP contribution in [0.2, 0.25) is 0 Å². The first-order valence-electron chi connectivity index (χ1n) is 6.96. The van der Waals surface area contributed by atoms with Gasteiger partial charge in [0.25, 0.3) is 0 Å². The lowest BCUT2D eigenvalue weighted by molar-refractivity contribution is 0.340. The maximum Gasteiger partial charge on any atom is 0.163 e. The maximum atomic E-state index is 9.14. The minimum absolute atomic E-state index is 0.340. The minimum Gasteiger partial charge on any atom is -0.494 e. The molecule has 0 atom stereocenters. The van der Waals surface area contributed by atoms with Crippen LogP contribution in [0.1, 0.15) is 12.6 Å². The van der Waals surface area contributed by atoms with Gasteiger partial charge in [0.1, 0.15) is 17.5 Å². The normalized spacial score (nSPS) is 10.2. The fourth-order valence-electron chi connectivity index (χ4n) is 2.29. The average molecular weight is 290 g/mol. The van der Waals surface area contributed by atoms with E-state index in [0.29, 0.717) is 18.0 Å². The summed E-state index contributed by atoms with van der Waals surface area (Å²) in [5, 5.41) is 19.5. The molecule has 0 fully saturated rings. The van der Waals surface area contributed by atoms with Crippen LogP contribution in [0.3, 0.4) is 0 Å². The molecule has 0 aliphatic rings. The van der Waals surface area contributed by atoms with E-state index in [1.165, 1.54) is 0 Å². The second-order valence-electron chi connectivity index (χ2n) is 4.69. The molecule has 1 aromatic heterocycles. The van der Waals surface area contributed by atoms with Gasteiger partial charge in [0, 0.05) is 5.56 Å². The van der Waals surface area contributed by atoms with E-state index in [0.717, 1.165) is 22.4 Å². The summed E-state index contributed by atoms with van der Waals surface area (Å²) in [5.74, 6) is 0.741. The standard InChI is InChI=1S/C17H14N4O/c1-2-22-15-9-13(12-6-4-3-5-7-12)8-14(10-15)17-16(11-18)19-21-20-17/h3-10H,2H2,1H3,(H,19,20,21). The molecule has 108 valence electrons. The lowest BCUT2D eigenvalue weighted by Crippen LogP contribution is -1.93. The molecule has 0 aliphatic carbocycles. The van der Waals surface area contributed by atoms with Crippen molar-refractivity contribution in [2.75, 3.05) is 6.61 Å². The molecule has 5 nitrogen and oxygen atoms in total. The highest BCUT2D eigenvalue weighted by molar-refractivity contribution is 5.75. The summed E-state index contributed by atoms with van der Waals surface area (Å²) in [4.78, 5) is 0. The average Bonchev–Trinajstić information content (AvgIpc) is 3.04. The first-order chi connectivity index (χ1) is 10.8. The summed E-state index contributed by atoms with van der Waals surface area (Å²) in [6, 6.07) is 17.9. The third-order valence-corrected chi connectivity index (χ3v) is 3.26. The van der Waals surface area contributed by atoms with Gasteiger partial charge in [0.2, 0.25) is 0 Å². The van der Waals surface area contributed by atoms with Crippen LogP contribution in [0.25, 0.3) is 22.4 Å². The quantitative estimate of drug-likeness (QED) is 0.799. The Kier molecular flexibility index (Phi) is 3.84. The number of hydrogen-bond donors (Lipinski definition) is 1. The topological polar surface area (TPSA) is 74.6 Å². The molecule has 3 rings (SSSR count). The van der Waals surface area contributed by atoms with Gasteiger partial charge < -0.3 is 4.74 Å². The first-order valence-corrected chi connectivity index (χ1v) is 6.96. The molecule has 22 heavy (non-hydrogen) atoms. The fourth-order valence-corrected chi connectivity index (χ4v) is 2.29. The first kappa shape index (κ1) is 13.8. The number of aromatic amines is 1. The molecule has 0 spiro atoms. The Morgan fingerprint density at radius 1 is 1.09 bits per heavy atom. The molecular formula is C17H14N4O. The number of benzene rings is 2. The summed E-state index contributed by atoms with van der Waals surface area (Å²) in [6.45, 7) is 2.51. The van der Waals surface area contributed by atoms with Crippen LogP contribution in [-0.4, -0.2) is 22.0 Å². The predicted octanol–water partition coefficient (Wildman–Crippen LogP) is 3.41. The van der Waals surface area contributed by atoms with Gasteiger partial charge in [-0.2, -0.15) is 5.26 Å². The zero-order valence-corrected chi connectivity index (χ0v) is 12.1. The summed E-state index contributed by atoms with van der Waals surface area (Å²) < 4.78 is 5.64. The van der Waals surface area contributed by atoms with E-state index in [4.69, 9.17) is 10.00 Å². The van der Waals surface area contributed by atoms with Crippen molar-refractivity contribution in [3.05, 3.63) is 54.2 Å². The SMILES string of the molecule is CCOc1cc(-c2ccccc2)cc(-c2nn[nH]c2C#N)c1. The number of rotatable bonds is 4. The summed E-state index contributed by atoms with van der Waals surface area (Å²) >= 11 is 0. The van der Waals surface area contributed by atoms with Crippen LogP contribution in [0.4, 0.5) is 0 Å². The van der Waals surface area contributed by atoms with Crippen LogP contribution in [-0.2, 0) is 0 Å². The van der Waals surface area contributed by atoms with E-state index >= 15 is 0 Å². The zero-order chi connectivity index (χ0) is 15.4. The second kappa shape index (κ2) is 6.10. The summed E-state index contributed by atoms with van der Waals surface area (Å²) in [7, 11) is 0. The van der Waals surface area contributed by atoms with E-state index in [1.807, 2.05) is 55.5 Å². The monoisotopic (exact) mass is 290 g/mol. The van der Waals surface area contributed by atoms with Gasteiger partial charge in [-0.3, -0.25) is 0 Å². The van der Waals surface area contributed by atoms with E-state index in [9.17, 15) is 0 Å². The van der Waals surface area contributed by atoms with Gasteiger partial charge >= 0.3 is 0 Å². The minimum atomic E-state index is 0.340. The molecule has 1 heterocycles. The molecule has 3 aromatic rings. The maximum absolute atomic E-state index is 9.14. The van der Waals surface area contributed by atoms with E-state index in [-0.39, 0.29) is 0 Å². The van der Waals surface area contributed by atoms with Gasteiger partial charge in [-0.25, -0.2) is 5.10 Å². The molecule has 0 amide bonds. The Labute approximate surface area is 128 Å². The van der Waals surface area contributed by atoms with Crippen molar-refractivity contribution in [2.24, 2.45) is 0 Å². The zero-order valence-electron chi connectivity index (χ0n) is 12.1. The van der Waals surface area contributed by atoms with Crippen LogP contribution in [0, 0.1) is 11.3 Å². The Hall–Kier alpha value is -3.13. The second-order valence-corrected chi connectivity index (χ2v) is 4.69. The number of nitriles is 1. The van der Waals surface area contributed by atoms with Gasteiger partial charge in [0.15, 0.2) is 5.69 Å². The number of nitrogens with one attached hydrogen (secondary N) is 1. The summed E-state index contributed by atoms with van der Waals surface area (Å²) in [6.07, 6.45) is 0. The lowest BCUT2D eigenvalue weighted by Gasteiger charge is -2.09. The molecule has 0 bridgehead atoms. The number of aromatic nitrogens is 3. The smallest absolute Gasteiger partial charge is 0.163 e. The Balaban J connectivity index is 2.15. The van der Waals surface area contributed by atoms with Gasteiger partial charge in [-0.15, -0.1) is 5.10 Å². The van der Waals surface area contributed by atoms with Gasteiger partial charge in [-0.1, -0.05) is 35.5 Å². The third kappa shape index (κ3) is 2.67. The van der Waals surface area contributed by atoms with E-state index in [2.05, 4.69) is 21.5 Å². The van der Waals surface area contributed by atoms with E-state index < -0.39 is 0 Å². The molecule has 5 heteroatoms. The molecule has 2 aromatic carbocycles. The highest BCUT2D eigenvalue weighted by Gasteiger charge is 2.12. The molecule has 0 saturated heterocycles. The highest BCUT2D eigenvalue weighted by Crippen LogP contribution is 2.31. The van der Waals surface area contributed by atoms with Crippen LogP contribution >= 0.6 is 0 Å². The molecular weight excluding hydrogens is 276 g/mol. The largest absolute Gasteiger partial charge is 0.494 e. The van der Waals surface area contributed by atoms with Crippen molar-refractivity contribution in [1.82, 2.24) is 15.4 Å². The highest BCUT2D eigenvalue weighted by atomic mass is 16.5. The Bertz CT molecular complexity index is 818. The van der Waals surface area contributed by atoms with Crippen molar-refractivity contribution in [3.8, 4) is 34.2 Å². The molecule has 0 radical (unpaired) electrons. The van der Waals surface area contributed by atoms with Gasteiger partial charge in [0.05, 0.1) is 6.61 Å². The number of hydrogen-bond acceptors (Lipinski definition) is 4. The van der Waals surface area contributed by atoms with Crippen molar-refractivity contribution in [3.63, 3.8) is 0 Å². The molecule has 0 saturated carbocycles. The molecule has 0 unspecified atom stereocenters. The fraction of sp³-hybridized carbons (Fsp3) is 0.118. The third-order valence-electron chi connectivity index (χ3n) is 3.26. The van der Waals surface area contributed by atoms with Crippen molar-refractivity contribution in [2.45, 2.75) is 6.92 Å². The van der Waals surface area contributed by atoms with Crippen molar-refractivity contribution >= 4 is 0 Å². The van der Waals surface area contributed by atoms with Crippen LogP contribution < -0.4 is 4.74 Å². The lowest BCUT2D eigenvalue weighted by atomic mass is 10.0. The molecule has 1 N–H and O–H groups in total. The van der Waals surface area contributed by atoms with E-state index in [1.54, 1.807) is 0 Å². The number of H-pyrrole nitrogens is 1. The number of ether oxygens (including phenoxy) is 1. The van der Waals surface area contributed by atoms with Gasteiger partial charge in [-0.05, 0) is 36.2 Å².